The topological polar surface area (TPSA) is 89.7 Å². The molecule has 2 rings (SSSR count). The molecule has 0 aromatic heterocycles. The second-order valence-electron chi connectivity index (χ2n) is 5.22. The first-order valence-corrected chi connectivity index (χ1v) is 8.20. The van der Waals surface area contributed by atoms with Crippen molar-refractivity contribution in [2.24, 2.45) is 0 Å². The Hall–Kier alpha value is -1.60. The number of aryl methyl sites for hydroxylation is 1. The molecule has 1 saturated heterocycles. The molecule has 0 saturated carbocycles. The SMILES string of the molecule is COC(=O)C1CCCN1S(=O)(=O)c1c(N)ccc(C)c1C. The van der Waals surface area contributed by atoms with Gasteiger partial charge < -0.3 is 10.5 Å². The summed E-state index contributed by atoms with van der Waals surface area (Å²) in [5.74, 6) is -0.528. The van der Waals surface area contributed by atoms with Crippen LogP contribution in [0.3, 0.4) is 0 Å². The summed E-state index contributed by atoms with van der Waals surface area (Å²) >= 11 is 0. The number of hydrogen-bond donors (Lipinski definition) is 1. The zero-order chi connectivity index (χ0) is 15.8. The van der Waals surface area contributed by atoms with Crippen LogP contribution in [0.5, 0.6) is 0 Å². The van der Waals surface area contributed by atoms with Gasteiger partial charge in [0.2, 0.25) is 10.0 Å². The molecule has 1 atom stereocenters. The Labute approximate surface area is 124 Å². The zero-order valence-corrected chi connectivity index (χ0v) is 13.2. The van der Waals surface area contributed by atoms with Crippen LogP contribution < -0.4 is 5.73 Å². The summed E-state index contributed by atoms with van der Waals surface area (Å²) in [6, 6.07) is 2.60. The average Bonchev–Trinajstić information content (AvgIpc) is 2.92. The van der Waals surface area contributed by atoms with Gasteiger partial charge in [-0.05, 0) is 43.9 Å². The highest BCUT2D eigenvalue weighted by Crippen LogP contribution is 2.32. The molecule has 1 aromatic carbocycles. The fourth-order valence-electron chi connectivity index (χ4n) is 2.67. The highest BCUT2D eigenvalue weighted by Gasteiger charge is 2.41. The highest BCUT2D eigenvalue weighted by atomic mass is 32.2. The van der Waals surface area contributed by atoms with Gasteiger partial charge in [0.15, 0.2) is 0 Å². The number of hydrogen-bond acceptors (Lipinski definition) is 5. The molecular weight excluding hydrogens is 292 g/mol. The maximum Gasteiger partial charge on any atom is 0.324 e. The number of ether oxygens (including phenoxy) is 1. The fourth-order valence-corrected chi connectivity index (χ4v) is 4.71. The van der Waals surface area contributed by atoms with Gasteiger partial charge in [-0.25, -0.2) is 8.42 Å². The number of nitrogens with two attached hydrogens (primary N) is 1. The number of rotatable bonds is 3. The Morgan fingerprint density at radius 3 is 2.67 bits per heavy atom. The fraction of sp³-hybridized carbons (Fsp3) is 0.500. The number of nitrogen functional groups attached to an aromatic ring is 1. The van der Waals surface area contributed by atoms with Gasteiger partial charge in [-0.1, -0.05) is 6.07 Å². The first kappa shape index (κ1) is 15.8. The molecule has 1 heterocycles. The van der Waals surface area contributed by atoms with E-state index in [1.165, 1.54) is 11.4 Å². The van der Waals surface area contributed by atoms with E-state index in [1.54, 1.807) is 19.1 Å². The van der Waals surface area contributed by atoms with Gasteiger partial charge in [-0.15, -0.1) is 0 Å². The minimum absolute atomic E-state index is 0.0957. The molecular formula is C14H20N2O4S. The van der Waals surface area contributed by atoms with Crippen molar-refractivity contribution in [3.05, 3.63) is 23.3 Å². The van der Waals surface area contributed by atoms with E-state index in [1.807, 2.05) is 6.92 Å². The minimum atomic E-state index is -3.82. The Balaban J connectivity index is 2.53. The lowest BCUT2D eigenvalue weighted by Crippen LogP contribution is -2.41. The molecule has 0 bridgehead atoms. The van der Waals surface area contributed by atoms with Crippen LogP contribution in [0.15, 0.2) is 17.0 Å². The molecule has 7 heteroatoms. The molecule has 0 aliphatic carbocycles. The van der Waals surface area contributed by atoms with E-state index in [2.05, 4.69) is 0 Å². The molecule has 2 N–H and O–H groups in total. The zero-order valence-electron chi connectivity index (χ0n) is 12.4. The number of benzene rings is 1. The molecule has 0 amide bonds. The number of anilines is 1. The third-order valence-electron chi connectivity index (χ3n) is 3.95. The van der Waals surface area contributed by atoms with Crippen molar-refractivity contribution in [1.82, 2.24) is 4.31 Å². The lowest BCUT2D eigenvalue weighted by molar-refractivity contribution is -0.144. The van der Waals surface area contributed by atoms with E-state index in [4.69, 9.17) is 10.5 Å². The lowest BCUT2D eigenvalue weighted by Gasteiger charge is -2.24. The Morgan fingerprint density at radius 2 is 2.05 bits per heavy atom. The van der Waals surface area contributed by atoms with Crippen molar-refractivity contribution in [3.63, 3.8) is 0 Å². The first-order valence-electron chi connectivity index (χ1n) is 6.76. The lowest BCUT2D eigenvalue weighted by atomic mass is 10.1. The van der Waals surface area contributed by atoms with Crippen molar-refractivity contribution in [2.45, 2.75) is 37.6 Å². The number of esters is 1. The molecule has 6 nitrogen and oxygen atoms in total. The Bertz CT molecular complexity index is 670. The van der Waals surface area contributed by atoms with Crippen LogP contribution in [-0.2, 0) is 19.6 Å². The van der Waals surface area contributed by atoms with E-state index >= 15 is 0 Å². The molecule has 1 unspecified atom stereocenters. The van der Waals surface area contributed by atoms with E-state index in [9.17, 15) is 13.2 Å². The standard InChI is InChI=1S/C14H20N2O4S/c1-9-6-7-11(15)13(10(9)2)21(18,19)16-8-4-5-12(16)14(17)20-3/h6-7,12H,4-5,8,15H2,1-3H3. The monoisotopic (exact) mass is 312 g/mol. The van der Waals surface area contributed by atoms with Gasteiger partial charge in [-0.2, -0.15) is 4.31 Å². The van der Waals surface area contributed by atoms with Crippen molar-refractivity contribution >= 4 is 21.7 Å². The predicted octanol–water partition coefficient (Wildman–Crippen LogP) is 1.21. The summed E-state index contributed by atoms with van der Waals surface area (Å²) in [7, 11) is -2.56. The number of carbonyl (C=O) groups excluding carboxylic acids is 1. The molecule has 0 radical (unpaired) electrons. The quantitative estimate of drug-likeness (QED) is 0.669. The third kappa shape index (κ3) is 2.63. The summed E-state index contributed by atoms with van der Waals surface area (Å²) in [6.07, 6.45) is 1.10. The van der Waals surface area contributed by atoms with Gasteiger partial charge >= 0.3 is 5.97 Å². The number of nitrogens with zero attached hydrogens (tertiary/aromatic N) is 1. The molecule has 1 aliphatic heterocycles. The maximum atomic E-state index is 12.9. The normalized spacial score (nSPS) is 19.7. The smallest absolute Gasteiger partial charge is 0.324 e. The summed E-state index contributed by atoms with van der Waals surface area (Å²) in [5.41, 5.74) is 7.54. The van der Waals surface area contributed by atoms with Gasteiger partial charge in [0.1, 0.15) is 10.9 Å². The van der Waals surface area contributed by atoms with Gasteiger partial charge in [0.25, 0.3) is 0 Å². The van der Waals surface area contributed by atoms with Crippen LogP contribution in [-0.4, -0.2) is 38.4 Å². The second kappa shape index (κ2) is 5.65. The van der Waals surface area contributed by atoms with Crippen LogP contribution in [0.25, 0.3) is 0 Å². The van der Waals surface area contributed by atoms with Crippen molar-refractivity contribution in [1.29, 1.82) is 0 Å². The minimum Gasteiger partial charge on any atom is -0.468 e. The summed E-state index contributed by atoms with van der Waals surface area (Å²) < 4.78 is 31.7. The summed E-state index contributed by atoms with van der Waals surface area (Å²) in [5, 5.41) is 0. The van der Waals surface area contributed by atoms with Crippen LogP contribution in [0.4, 0.5) is 5.69 Å². The van der Waals surface area contributed by atoms with Crippen molar-refractivity contribution in [2.75, 3.05) is 19.4 Å². The molecule has 1 aromatic rings. The van der Waals surface area contributed by atoms with Gasteiger partial charge in [-0.3, -0.25) is 4.79 Å². The Morgan fingerprint density at radius 1 is 1.38 bits per heavy atom. The average molecular weight is 312 g/mol. The van der Waals surface area contributed by atoms with Gasteiger partial charge in [0, 0.05) is 6.54 Å². The summed E-state index contributed by atoms with van der Waals surface area (Å²) in [4.78, 5) is 11.9. The predicted molar refractivity (Wildman–Crippen MR) is 79.3 cm³/mol. The maximum absolute atomic E-state index is 12.9. The number of methoxy groups -OCH3 is 1. The Kier molecular flexibility index (Phi) is 4.25. The van der Waals surface area contributed by atoms with Crippen molar-refractivity contribution in [3.8, 4) is 0 Å². The van der Waals surface area contributed by atoms with Crippen molar-refractivity contribution < 1.29 is 17.9 Å². The van der Waals surface area contributed by atoms with E-state index in [0.717, 1.165) is 5.56 Å². The van der Waals surface area contributed by atoms with Crippen LogP contribution in [0.2, 0.25) is 0 Å². The van der Waals surface area contributed by atoms with Gasteiger partial charge in [0.05, 0.1) is 12.8 Å². The largest absolute Gasteiger partial charge is 0.468 e. The van der Waals surface area contributed by atoms with E-state index in [-0.39, 0.29) is 10.6 Å². The molecule has 1 aliphatic rings. The molecule has 1 fully saturated rings. The van der Waals surface area contributed by atoms with Crippen LogP contribution >= 0.6 is 0 Å². The van der Waals surface area contributed by atoms with E-state index < -0.39 is 22.0 Å². The van der Waals surface area contributed by atoms with Crippen LogP contribution in [0.1, 0.15) is 24.0 Å². The highest BCUT2D eigenvalue weighted by molar-refractivity contribution is 7.89. The number of sulfonamides is 1. The van der Waals surface area contributed by atoms with E-state index in [0.29, 0.717) is 24.9 Å². The van der Waals surface area contributed by atoms with Crippen LogP contribution in [0, 0.1) is 13.8 Å². The first-order chi connectivity index (χ1) is 9.80. The molecule has 21 heavy (non-hydrogen) atoms. The molecule has 0 spiro atoms. The number of carbonyl (C=O) groups is 1. The summed E-state index contributed by atoms with van der Waals surface area (Å²) in [6.45, 7) is 3.85. The third-order valence-corrected chi connectivity index (χ3v) is 6.06. The second-order valence-corrected chi connectivity index (χ2v) is 7.05. The molecule has 116 valence electrons.